The predicted molar refractivity (Wildman–Crippen MR) is 68.7 cm³/mol. The first-order valence-corrected chi connectivity index (χ1v) is 6.62. The molecule has 4 nitrogen and oxygen atoms in total. The van der Waals surface area contributed by atoms with Gasteiger partial charge in [-0.3, -0.25) is 4.79 Å². The van der Waals surface area contributed by atoms with E-state index >= 15 is 0 Å². The van der Waals surface area contributed by atoms with Crippen LogP contribution in [0.15, 0.2) is 0 Å². The summed E-state index contributed by atoms with van der Waals surface area (Å²) in [5.41, 5.74) is -0.0186. The summed E-state index contributed by atoms with van der Waals surface area (Å²) in [6, 6.07) is 0. The highest BCUT2D eigenvalue weighted by molar-refractivity contribution is 5.76. The van der Waals surface area contributed by atoms with Crippen LogP contribution in [0.4, 0.5) is 0 Å². The summed E-state index contributed by atoms with van der Waals surface area (Å²) in [6.07, 6.45) is 3.68. The van der Waals surface area contributed by atoms with Crippen LogP contribution in [-0.4, -0.2) is 37.3 Å². The minimum absolute atomic E-state index is 0.0186. The van der Waals surface area contributed by atoms with E-state index in [2.05, 4.69) is 24.5 Å². The van der Waals surface area contributed by atoms with Gasteiger partial charge in [-0.2, -0.15) is 0 Å². The molecule has 1 aliphatic heterocycles. The van der Waals surface area contributed by atoms with Gasteiger partial charge in [0.25, 0.3) is 0 Å². The van der Waals surface area contributed by atoms with E-state index in [1.807, 2.05) is 0 Å². The second-order valence-corrected chi connectivity index (χ2v) is 5.83. The maximum absolute atomic E-state index is 11.8. The van der Waals surface area contributed by atoms with Crippen molar-refractivity contribution in [3.63, 3.8) is 0 Å². The van der Waals surface area contributed by atoms with E-state index in [0.717, 1.165) is 25.9 Å². The SMILES string of the molecule is CC(C)(CCO)CNC(=O)CC1CCCNC1. The van der Waals surface area contributed by atoms with Gasteiger partial charge in [0, 0.05) is 19.6 Å². The maximum Gasteiger partial charge on any atom is 0.220 e. The first-order valence-electron chi connectivity index (χ1n) is 6.62. The molecule has 0 bridgehead atoms. The fraction of sp³-hybridized carbons (Fsp3) is 0.923. The van der Waals surface area contributed by atoms with Gasteiger partial charge in [0.1, 0.15) is 0 Å². The molecule has 1 amide bonds. The zero-order chi connectivity index (χ0) is 12.7. The predicted octanol–water partition coefficient (Wildman–Crippen LogP) is 0.901. The number of rotatable bonds is 6. The average molecular weight is 242 g/mol. The molecule has 17 heavy (non-hydrogen) atoms. The third-order valence-electron chi connectivity index (χ3n) is 3.43. The molecule has 4 heteroatoms. The molecule has 3 N–H and O–H groups in total. The van der Waals surface area contributed by atoms with Gasteiger partial charge in [-0.25, -0.2) is 0 Å². The van der Waals surface area contributed by atoms with Gasteiger partial charge < -0.3 is 15.7 Å². The van der Waals surface area contributed by atoms with E-state index in [1.165, 1.54) is 6.42 Å². The number of hydrogen-bond donors (Lipinski definition) is 3. The van der Waals surface area contributed by atoms with E-state index in [9.17, 15) is 4.79 Å². The van der Waals surface area contributed by atoms with E-state index in [-0.39, 0.29) is 17.9 Å². The Bertz CT molecular complexity index is 236. The number of carbonyl (C=O) groups excluding carboxylic acids is 1. The number of piperidine rings is 1. The van der Waals surface area contributed by atoms with Crippen molar-refractivity contribution in [2.45, 2.75) is 39.5 Å². The normalized spacial score (nSPS) is 21.2. The van der Waals surface area contributed by atoms with Crippen LogP contribution in [0.5, 0.6) is 0 Å². The molecular formula is C13H26N2O2. The zero-order valence-electron chi connectivity index (χ0n) is 11.1. The zero-order valence-corrected chi connectivity index (χ0v) is 11.1. The van der Waals surface area contributed by atoms with Gasteiger partial charge in [-0.1, -0.05) is 13.8 Å². The van der Waals surface area contributed by atoms with E-state index in [0.29, 0.717) is 18.9 Å². The van der Waals surface area contributed by atoms with Crippen molar-refractivity contribution in [3.8, 4) is 0 Å². The molecule has 0 aromatic carbocycles. The maximum atomic E-state index is 11.8. The largest absolute Gasteiger partial charge is 0.396 e. The van der Waals surface area contributed by atoms with Crippen molar-refractivity contribution in [2.24, 2.45) is 11.3 Å². The molecule has 0 saturated carbocycles. The summed E-state index contributed by atoms with van der Waals surface area (Å²) >= 11 is 0. The first-order chi connectivity index (χ1) is 8.03. The van der Waals surface area contributed by atoms with Crippen LogP contribution in [0.1, 0.15) is 39.5 Å². The molecule has 1 atom stereocenters. The van der Waals surface area contributed by atoms with E-state index < -0.39 is 0 Å². The van der Waals surface area contributed by atoms with E-state index in [4.69, 9.17) is 5.11 Å². The topological polar surface area (TPSA) is 61.4 Å². The summed E-state index contributed by atoms with van der Waals surface area (Å²) in [6.45, 7) is 6.99. The Kier molecular flexibility index (Phi) is 5.92. The van der Waals surface area contributed by atoms with Gasteiger partial charge in [0.05, 0.1) is 0 Å². The minimum Gasteiger partial charge on any atom is -0.396 e. The summed E-state index contributed by atoms with van der Waals surface area (Å²) in [5, 5.41) is 15.2. The number of aliphatic hydroxyl groups is 1. The molecule has 1 saturated heterocycles. The molecule has 0 aromatic heterocycles. The number of nitrogens with one attached hydrogen (secondary N) is 2. The number of aliphatic hydroxyl groups excluding tert-OH is 1. The second-order valence-electron chi connectivity index (χ2n) is 5.83. The Hall–Kier alpha value is -0.610. The van der Waals surface area contributed by atoms with Gasteiger partial charge in [-0.15, -0.1) is 0 Å². The molecule has 1 unspecified atom stereocenters. The van der Waals surface area contributed by atoms with Crippen LogP contribution >= 0.6 is 0 Å². The molecule has 0 spiro atoms. The van der Waals surface area contributed by atoms with Gasteiger partial charge in [0.15, 0.2) is 0 Å². The van der Waals surface area contributed by atoms with Crippen LogP contribution in [0.3, 0.4) is 0 Å². The molecule has 100 valence electrons. The Morgan fingerprint density at radius 2 is 2.29 bits per heavy atom. The summed E-state index contributed by atoms with van der Waals surface area (Å²) < 4.78 is 0. The third kappa shape index (κ3) is 6.03. The molecule has 0 aromatic rings. The number of hydrogen-bond acceptors (Lipinski definition) is 3. The van der Waals surface area contributed by atoms with Crippen molar-refractivity contribution in [1.29, 1.82) is 0 Å². The average Bonchev–Trinajstić information content (AvgIpc) is 2.28. The highest BCUT2D eigenvalue weighted by Crippen LogP contribution is 2.18. The highest BCUT2D eigenvalue weighted by Gasteiger charge is 2.20. The summed E-state index contributed by atoms with van der Waals surface area (Å²) in [4.78, 5) is 11.8. The first kappa shape index (κ1) is 14.5. The van der Waals surface area contributed by atoms with Crippen molar-refractivity contribution in [2.75, 3.05) is 26.2 Å². The fourth-order valence-corrected chi connectivity index (χ4v) is 2.16. The van der Waals surface area contributed by atoms with Crippen molar-refractivity contribution >= 4 is 5.91 Å². The van der Waals surface area contributed by atoms with Crippen molar-refractivity contribution in [3.05, 3.63) is 0 Å². The highest BCUT2D eigenvalue weighted by atomic mass is 16.3. The van der Waals surface area contributed by atoms with E-state index in [1.54, 1.807) is 0 Å². The van der Waals surface area contributed by atoms with Gasteiger partial charge in [0.2, 0.25) is 5.91 Å². The monoisotopic (exact) mass is 242 g/mol. The molecule has 1 heterocycles. The smallest absolute Gasteiger partial charge is 0.220 e. The Morgan fingerprint density at radius 1 is 1.53 bits per heavy atom. The lowest BCUT2D eigenvalue weighted by atomic mass is 9.89. The van der Waals surface area contributed by atoms with Crippen molar-refractivity contribution in [1.82, 2.24) is 10.6 Å². The molecule has 1 rings (SSSR count). The lowest BCUT2D eigenvalue weighted by Crippen LogP contribution is -2.38. The summed E-state index contributed by atoms with van der Waals surface area (Å²) in [7, 11) is 0. The van der Waals surface area contributed by atoms with Crippen LogP contribution in [-0.2, 0) is 4.79 Å². The molecule has 0 aliphatic carbocycles. The lowest BCUT2D eigenvalue weighted by Gasteiger charge is -2.26. The molecule has 0 radical (unpaired) electrons. The number of carbonyl (C=O) groups is 1. The standard InChI is InChI=1S/C13H26N2O2/c1-13(2,5-7-16)10-15-12(17)8-11-4-3-6-14-9-11/h11,14,16H,3-10H2,1-2H3,(H,15,17). The van der Waals surface area contributed by atoms with Crippen LogP contribution in [0.2, 0.25) is 0 Å². The van der Waals surface area contributed by atoms with Gasteiger partial charge in [-0.05, 0) is 43.7 Å². The van der Waals surface area contributed by atoms with Gasteiger partial charge >= 0.3 is 0 Å². The van der Waals surface area contributed by atoms with Crippen molar-refractivity contribution < 1.29 is 9.90 Å². The second kappa shape index (κ2) is 6.97. The Morgan fingerprint density at radius 3 is 2.88 bits per heavy atom. The van der Waals surface area contributed by atoms with Crippen LogP contribution < -0.4 is 10.6 Å². The third-order valence-corrected chi connectivity index (χ3v) is 3.43. The lowest BCUT2D eigenvalue weighted by molar-refractivity contribution is -0.122. The molecule has 1 fully saturated rings. The molecule has 1 aliphatic rings. The Balaban J connectivity index is 2.20. The minimum atomic E-state index is -0.0186. The fourth-order valence-electron chi connectivity index (χ4n) is 2.16. The number of amides is 1. The Labute approximate surface area is 104 Å². The van der Waals surface area contributed by atoms with Crippen LogP contribution in [0.25, 0.3) is 0 Å². The van der Waals surface area contributed by atoms with Crippen LogP contribution in [0, 0.1) is 11.3 Å². The quantitative estimate of drug-likeness (QED) is 0.648. The molecular weight excluding hydrogens is 216 g/mol. The summed E-state index contributed by atoms with van der Waals surface area (Å²) in [5.74, 6) is 0.634.